The highest BCUT2D eigenvalue weighted by Crippen LogP contribution is 2.27. The molecule has 0 radical (unpaired) electrons. The molecular weight excluding hydrogens is 311 g/mol. The summed E-state index contributed by atoms with van der Waals surface area (Å²) < 4.78 is 14.2. The Kier molecular flexibility index (Phi) is 4.02. The number of anilines is 1. The first-order chi connectivity index (χ1) is 11.6. The average Bonchev–Trinajstić information content (AvgIpc) is 3.08. The Hall–Kier alpha value is -3.55. The molecule has 0 fully saturated rings. The van der Waals surface area contributed by atoms with Crippen LogP contribution >= 0.6 is 0 Å². The highest BCUT2D eigenvalue weighted by molar-refractivity contribution is 6.03. The second-order valence-electron chi connectivity index (χ2n) is 4.90. The summed E-state index contributed by atoms with van der Waals surface area (Å²) in [6.45, 7) is 0. The zero-order chi connectivity index (χ0) is 17.1. The third-order valence-electron chi connectivity index (χ3n) is 3.28. The van der Waals surface area contributed by atoms with Gasteiger partial charge in [0.2, 0.25) is 0 Å². The highest BCUT2D eigenvalue weighted by atomic mass is 19.1. The number of halogens is 1. The van der Waals surface area contributed by atoms with Crippen LogP contribution in [0.25, 0.3) is 23.2 Å². The maximum Gasteiger partial charge on any atom is 0.269 e. The molecule has 24 heavy (non-hydrogen) atoms. The zero-order valence-electron chi connectivity index (χ0n) is 12.4. The van der Waals surface area contributed by atoms with E-state index in [9.17, 15) is 9.18 Å². The van der Waals surface area contributed by atoms with Crippen LogP contribution in [0.15, 0.2) is 42.5 Å². The van der Waals surface area contributed by atoms with Crippen molar-refractivity contribution in [2.24, 2.45) is 5.73 Å². The van der Waals surface area contributed by atoms with Crippen LogP contribution in [0.5, 0.6) is 0 Å². The lowest BCUT2D eigenvalue weighted by Crippen LogP contribution is -2.17. The third kappa shape index (κ3) is 2.98. The smallest absolute Gasteiger partial charge is 0.269 e. The summed E-state index contributed by atoms with van der Waals surface area (Å²) in [6.07, 6.45) is 7.03. The van der Waals surface area contributed by atoms with Crippen LogP contribution in [0.4, 0.5) is 10.1 Å². The number of aromatic nitrogens is 4. The van der Waals surface area contributed by atoms with Crippen LogP contribution in [0.1, 0.15) is 21.7 Å². The van der Waals surface area contributed by atoms with Gasteiger partial charge in [-0.2, -0.15) is 5.10 Å². The van der Waals surface area contributed by atoms with Crippen LogP contribution < -0.4 is 11.5 Å². The largest absolute Gasteiger partial charge is 0.396 e. The first-order valence-corrected chi connectivity index (χ1v) is 6.95. The van der Waals surface area contributed by atoms with E-state index >= 15 is 0 Å². The maximum atomic E-state index is 14.2. The molecule has 5 N–H and O–H groups in total. The molecule has 3 heterocycles. The fraction of sp³-hybridized carbons (Fsp3) is 0. The molecule has 0 aromatic carbocycles. The van der Waals surface area contributed by atoms with E-state index in [0.29, 0.717) is 16.7 Å². The number of pyridine rings is 2. The second kappa shape index (κ2) is 6.29. The Bertz CT molecular complexity index is 962. The topological polar surface area (TPSA) is 124 Å². The lowest BCUT2D eigenvalue weighted by Gasteiger charge is -2.08. The quantitative estimate of drug-likeness (QED) is 0.634. The minimum atomic E-state index is -0.790. The second-order valence-corrected chi connectivity index (χ2v) is 4.90. The summed E-state index contributed by atoms with van der Waals surface area (Å²) in [5, 5.41) is 6.44. The Morgan fingerprint density at radius 3 is 2.83 bits per heavy atom. The van der Waals surface area contributed by atoms with Crippen LogP contribution in [-0.2, 0) is 0 Å². The first kappa shape index (κ1) is 15.3. The minimum Gasteiger partial charge on any atom is -0.396 e. The summed E-state index contributed by atoms with van der Waals surface area (Å²) in [6, 6.07) is 4.98. The first-order valence-electron chi connectivity index (χ1n) is 6.95. The molecule has 7 nitrogen and oxygen atoms in total. The van der Waals surface area contributed by atoms with E-state index in [0.717, 1.165) is 0 Å². The van der Waals surface area contributed by atoms with E-state index in [1.54, 1.807) is 24.4 Å². The molecule has 3 rings (SSSR count). The molecule has 0 aliphatic heterocycles. The van der Waals surface area contributed by atoms with E-state index in [1.807, 2.05) is 0 Å². The molecule has 1 amide bonds. The summed E-state index contributed by atoms with van der Waals surface area (Å²) in [5.74, 6) is -1.37. The number of H-pyrrole nitrogens is 1. The molecule has 120 valence electrons. The number of nitrogens with one attached hydrogen (secondary N) is 1. The lowest BCUT2D eigenvalue weighted by molar-refractivity contribution is 0.0997. The van der Waals surface area contributed by atoms with Gasteiger partial charge in [0.25, 0.3) is 5.91 Å². The number of carbonyl (C=O) groups is 1. The van der Waals surface area contributed by atoms with Crippen molar-refractivity contribution in [2.45, 2.75) is 0 Å². The van der Waals surface area contributed by atoms with Gasteiger partial charge < -0.3 is 11.5 Å². The minimum absolute atomic E-state index is 0.0150. The van der Waals surface area contributed by atoms with Gasteiger partial charge in [-0.15, -0.1) is 0 Å². The lowest BCUT2D eigenvalue weighted by atomic mass is 10.1. The number of rotatable bonds is 4. The zero-order valence-corrected chi connectivity index (χ0v) is 12.4. The summed E-state index contributed by atoms with van der Waals surface area (Å²) in [5.41, 5.74) is 12.8. The molecule has 0 saturated carbocycles. The predicted octanol–water partition coefficient (Wildman–Crippen LogP) is 2.06. The molecule has 3 aromatic rings. The van der Waals surface area contributed by atoms with E-state index in [-0.39, 0.29) is 16.9 Å². The van der Waals surface area contributed by atoms with Gasteiger partial charge in [0.1, 0.15) is 5.83 Å². The van der Waals surface area contributed by atoms with Crippen LogP contribution in [0.2, 0.25) is 0 Å². The molecule has 0 aliphatic rings. The fourth-order valence-corrected chi connectivity index (χ4v) is 2.18. The van der Waals surface area contributed by atoms with Crippen LogP contribution in [0.3, 0.4) is 0 Å². The molecule has 0 atom stereocenters. The number of allylic oxidation sites excluding steroid dienone is 2. The van der Waals surface area contributed by atoms with E-state index in [4.69, 9.17) is 11.5 Å². The van der Waals surface area contributed by atoms with Crippen molar-refractivity contribution >= 4 is 34.8 Å². The predicted molar refractivity (Wildman–Crippen MR) is 89.2 cm³/mol. The molecular formula is C16H13FN6O. The van der Waals surface area contributed by atoms with Gasteiger partial charge in [-0.25, -0.2) is 9.37 Å². The molecule has 8 heteroatoms. The summed E-state index contributed by atoms with van der Waals surface area (Å²) in [4.78, 5) is 19.7. The number of primary amides is 1. The number of nitrogen functional groups attached to an aromatic ring is 1. The summed E-state index contributed by atoms with van der Waals surface area (Å²) >= 11 is 0. The average molecular weight is 324 g/mol. The highest BCUT2D eigenvalue weighted by Gasteiger charge is 2.16. The van der Waals surface area contributed by atoms with E-state index in [2.05, 4.69) is 20.2 Å². The van der Waals surface area contributed by atoms with Gasteiger partial charge in [0.15, 0.2) is 5.69 Å². The SMILES string of the molecule is NC(=O)c1nc2cccnc2c(/C=C(F)/C=C\c2ccn[nH]2)c1N. The van der Waals surface area contributed by atoms with Crippen molar-refractivity contribution in [3.63, 3.8) is 0 Å². The Morgan fingerprint density at radius 1 is 1.29 bits per heavy atom. The molecule has 0 aliphatic carbocycles. The maximum absolute atomic E-state index is 14.2. The summed E-state index contributed by atoms with van der Waals surface area (Å²) in [7, 11) is 0. The molecule has 0 saturated heterocycles. The van der Waals surface area contributed by atoms with Gasteiger partial charge >= 0.3 is 0 Å². The van der Waals surface area contributed by atoms with Gasteiger partial charge in [0.05, 0.1) is 22.4 Å². The van der Waals surface area contributed by atoms with Crippen molar-refractivity contribution in [1.29, 1.82) is 0 Å². The Balaban J connectivity index is 2.12. The molecule has 0 spiro atoms. The van der Waals surface area contributed by atoms with Gasteiger partial charge in [-0.1, -0.05) is 0 Å². The van der Waals surface area contributed by atoms with Crippen molar-refractivity contribution in [2.75, 3.05) is 5.73 Å². The van der Waals surface area contributed by atoms with Gasteiger partial charge in [-0.05, 0) is 36.4 Å². The number of carbonyl (C=O) groups excluding carboxylic acids is 1. The number of aromatic amines is 1. The standard InChI is InChI=1S/C16H13FN6O/c17-9(3-4-10-5-7-21-23-10)8-11-13(18)15(16(19)24)22-12-2-1-6-20-14(11)12/h1-8H,18H2,(H2,19,24)(H,21,23)/b4-3-,9-8-. The van der Waals surface area contributed by atoms with Crippen molar-refractivity contribution < 1.29 is 9.18 Å². The normalized spacial score (nSPS) is 12.1. The number of nitrogens with zero attached hydrogens (tertiary/aromatic N) is 3. The molecule has 3 aromatic heterocycles. The Labute approximate surface area is 135 Å². The van der Waals surface area contributed by atoms with E-state index < -0.39 is 11.7 Å². The fourth-order valence-electron chi connectivity index (χ4n) is 2.18. The van der Waals surface area contributed by atoms with Gasteiger partial charge in [-0.3, -0.25) is 14.9 Å². The monoisotopic (exact) mass is 324 g/mol. The van der Waals surface area contributed by atoms with Crippen molar-refractivity contribution in [3.05, 3.63) is 59.4 Å². The molecule has 0 bridgehead atoms. The number of hydrogen-bond acceptors (Lipinski definition) is 5. The molecule has 0 unspecified atom stereocenters. The van der Waals surface area contributed by atoms with Crippen molar-refractivity contribution in [1.82, 2.24) is 20.2 Å². The van der Waals surface area contributed by atoms with Crippen LogP contribution in [0, 0.1) is 0 Å². The number of fused-ring (bicyclic) bond motifs is 1. The Morgan fingerprint density at radius 2 is 2.12 bits per heavy atom. The number of amides is 1. The number of nitrogens with two attached hydrogens (primary N) is 2. The van der Waals surface area contributed by atoms with Gasteiger partial charge in [0, 0.05) is 18.0 Å². The third-order valence-corrected chi connectivity index (χ3v) is 3.28. The van der Waals surface area contributed by atoms with Crippen LogP contribution in [-0.4, -0.2) is 26.1 Å². The number of hydrogen-bond donors (Lipinski definition) is 3. The van der Waals surface area contributed by atoms with E-state index in [1.165, 1.54) is 24.4 Å². The van der Waals surface area contributed by atoms with Crippen molar-refractivity contribution in [3.8, 4) is 0 Å².